The molecule has 1 aliphatic carbocycles. The van der Waals surface area contributed by atoms with Gasteiger partial charge in [0.1, 0.15) is 11.8 Å². The molecule has 10 heteroatoms. The van der Waals surface area contributed by atoms with E-state index in [4.69, 9.17) is 4.74 Å². The van der Waals surface area contributed by atoms with Crippen molar-refractivity contribution in [2.24, 2.45) is 0 Å². The molecule has 1 saturated carbocycles. The number of rotatable bonds is 4. The second-order valence-electron chi connectivity index (χ2n) is 7.99. The number of ether oxygens (including phenoxy) is 1. The number of fused-ring (bicyclic) bond motifs is 2. The van der Waals surface area contributed by atoms with Crippen LogP contribution in [-0.4, -0.2) is 53.1 Å². The quantitative estimate of drug-likeness (QED) is 0.532. The van der Waals surface area contributed by atoms with E-state index in [1.54, 1.807) is 22.8 Å². The highest BCUT2D eigenvalue weighted by Gasteiger charge is 2.29. The summed E-state index contributed by atoms with van der Waals surface area (Å²) in [5, 5.41) is 22.0. The van der Waals surface area contributed by atoms with Gasteiger partial charge in [-0.15, -0.1) is 5.10 Å². The van der Waals surface area contributed by atoms with Crippen molar-refractivity contribution in [3.8, 4) is 17.0 Å². The van der Waals surface area contributed by atoms with Gasteiger partial charge in [-0.05, 0) is 44.7 Å². The zero-order chi connectivity index (χ0) is 20.9. The van der Waals surface area contributed by atoms with Crippen LogP contribution in [0.4, 0.5) is 10.3 Å². The molecule has 30 heavy (non-hydrogen) atoms. The summed E-state index contributed by atoms with van der Waals surface area (Å²) in [5.41, 5.74) is 1.44. The molecule has 0 atom stereocenters. The monoisotopic (exact) mass is 411 g/mol. The molecule has 0 spiro atoms. The normalized spacial score (nSPS) is 21.9. The summed E-state index contributed by atoms with van der Waals surface area (Å²) in [4.78, 5) is 8.59. The summed E-state index contributed by atoms with van der Waals surface area (Å²) in [6.45, 7) is 1.86. The van der Waals surface area contributed by atoms with Gasteiger partial charge in [-0.2, -0.15) is 10.1 Å². The highest BCUT2D eigenvalue weighted by atomic mass is 19.1. The van der Waals surface area contributed by atoms with Crippen molar-refractivity contribution in [1.82, 2.24) is 29.2 Å². The lowest BCUT2D eigenvalue weighted by Gasteiger charge is -2.33. The maximum absolute atomic E-state index is 15.0. The number of hydrogen-bond donors (Lipinski definition) is 2. The Bertz CT molecular complexity index is 1220. The van der Waals surface area contributed by atoms with Crippen molar-refractivity contribution < 1.29 is 14.2 Å². The van der Waals surface area contributed by atoms with Gasteiger partial charge in [-0.25, -0.2) is 18.4 Å². The Kier molecular flexibility index (Phi) is 4.31. The fourth-order valence-electron chi connectivity index (χ4n) is 4.03. The lowest BCUT2D eigenvalue weighted by molar-refractivity contribution is 0.0195. The minimum absolute atomic E-state index is 0.141. The highest BCUT2D eigenvalue weighted by Crippen LogP contribution is 2.35. The highest BCUT2D eigenvalue weighted by molar-refractivity contribution is 5.85. The first-order valence-corrected chi connectivity index (χ1v) is 9.85. The molecule has 0 aromatic carbocycles. The van der Waals surface area contributed by atoms with Crippen LogP contribution in [0.5, 0.6) is 5.88 Å². The molecule has 0 aliphatic heterocycles. The average Bonchev–Trinajstić information content (AvgIpc) is 3.31. The van der Waals surface area contributed by atoms with E-state index in [2.05, 4.69) is 25.5 Å². The predicted octanol–water partition coefficient (Wildman–Crippen LogP) is 2.69. The smallest absolute Gasteiger partial charge is 0.244 e. The second kappa shape index (κ2) is 6.91. The summed E-state index contributed by atoms with van der Waals surface area (Å²) in [7, 11) is 1.50. The minimum atomic E-state index is -0.621. The predicted molar refractivity (Wildman–Crippen MR) is 108 cm³/mol. The molecule has 0 unspecified atom stereocenters. The molecule has 0 radical (unpaired) electrons. The number of hydrogen-bond acceptors (Lipinski definition) is 7. The van der Waals surface area contributed by atoms with Gasteiger partial charge in [0.05, 0.1) is 24.5 Å². The molecular weight excluding hydrogens is 389 g/mol. The lowest BCUT2D eigenvalue weighted by Crippen LogP contribution is -2.36. The van der Waals surface area contributed by atoms with Crippen LogP contribution in [-0.2, 0) is 0 Å². The van der Waals surface area contributed by atoms with Gasteiger partial charge >= 0.3 is 0 Å². The summed E-state index contributed by atoms with van der Waals surface area (Å²) in [6.07, 6.45) is 7.49. The molecule has 0 bridgehead atoms. The van der Waals surface area contributed by atoms with E-state index >= 15 is 0 Å². The molecule has 5 rings (SSSR count). The number of pyridine rings is 1. The van der Waals surface area contributed by atoms with E-state index in [-0.39, 0.29) is 11.9 Å². The van der Waals surface area contributed by atoms with Gasteiger partial charge in [0.2, 0.25) is 11.8 Å². The second-order valence-corrected chi connectivity index (χ2v) is 7.99. The van der Waals surface area contributed by atoms with E-state index in [0.717, 1.165) is 12.8 Å². The van der Waals surface area contributed by atoms with E-state index in [1.807, 2.05) is 6.92 Å². The first-order chi connectivity index (χ1) is 14.4. The number of nitrogens with one attached hydrogen (secondary N) is 1. The topological polar surface area (TPSA) is 102 Å². The maximum atomic E-state index is 15.0. The molecule has 4 aromatic rings. The fraction of sp³-hybridized carbons (Fsp3) is 0.400. The Morgan fingerprint density at radius 3 is 2.80 bits per heavy atom. The van der Waals surface area contributed by atoms with Gasteiger partial charge in [-0.3, -0.25) is 0 Å². The van der Waals surface area contributed by atoms with Crippen LogP contribution in [0, 0.1) is 5.82 Å². The van der Waals surface area contributed by atoms with Crippen molar-refractivity contribution in [3.63, 3.8) is 0 Å². The Hall–Kier alpha value is -3.27. The Balaban J connectivity index is 1.53. The number of nitrogens with zero attached hydrogens (tertiary/aromatic N) is 6. The first-order valence-electron chi connectivity index (χ1n) is 9.85. The molecule has 1 aliphatic rings. The van der Waals surface area contributed by atoms with Gasteiger partial charge in [0.15, 0.2) is 11.5 Å². The van der Waals surface area contributed by atoms with E-state index < -0.39 is 11.4 Å². The molecule has 156 valence electrons. The molecule has 2 N–H and O–H groups in total. The molecular formula is C20H22FN7O2. The number of halogens is 1. The van der Waals surface area contributed by atoms with Crippen LogP contribution in [0.3, 0.4) is 0 Å². The zero-order valence-electron chi connectivity index (χ0n) is 16.7. The van der Waals surface area contributed by atoms with Gasteiger partial charge in [0, 0.05) is 17.8 Å². The van der Waals surface area contributed by atoms with Crippen molar-refractivity contribution in [1.29, 1.82) is 0 Å². The van der Waals surface area contributed by atoms with Gasteiger partial charge < -0.3 is 15.2 Å². The van der Waals surface area contributed by atoms with E-state index in [0.29, 0.717) is 41.1 Å². The van der Waals surface area contributed by atoms with E-state index in [1.165, 1.54) is 24.1 Å². The van der Waals surface area contributed by atoms with Crippen LogP contribution in [0.25, 0.3) is 22.3 Å². The maximum Gasteiger partial charge on any atom is 0.244 e. The van der Waals surface area contributed by atoms with Gasteiger partial charge in [0.25, 0.3) is 0 Å². The number of anilines is 1. The Labute approximate surface area is 171 Å². The Morgan fingerprint density at radius 1 is 1.23 bits per heavy atom. The van der Waals surface area contributed by atoms with E-state index in [9.17, 15) is 9.50 Å². The van der Waals surface area contributed by atoms with Crippen molar-refractivity contribution >= 4 is 17.1 Å². The average molecular weight is 411 g/mol. The molecule has 4 heterocycles. The van der Waals surface area contributed by atoms with Gasteiger partial charge in [-0.1, -0.05) is 0 Å². The third-order valence-electron chi connectivity index (χ3n) is 5.70. The number of aromatic nitrogens is 6. The molecule has 4 aromatic heterocycles. The summed E-state index contributed by atoms with van der Waals surface area (Å²) < 4.78 is 23.5. The lowest BCUT2D eigenvalue weighted by atomic mass is 9.84. The molecule has 0 saturated heterocycles. The van der Waals surface area contributed by atoms with Crippen LogP contribution in [0.1, 0.15) is 32.6 Å². The zero-order valence-corrected chi connectivity index (χ0v) is 16.7. The molecule has 1 fully saturated rings. The number of methoxy groups -OCH3 is 1. The van der Waals surface area contributed by atoms with Crippen LogP contribution in [0.15, 0.2) is 30.9 Å². The van der Waals surface area contributed by atoms with Crippen LogP contribution in [0.2, 0.25) is 0 Å². The minimum Gasteiger partial charge on any atom is -0.479 e. The van der Waals surface area contributed by atoms with Crippen molar-refractivity contribution in [2.45, 2.75) is 44.2 Å². The Morgan fingerprint density at radius 2 is 2.03 bits per heavy atom. The largest absolute Gasteiger partial charge is 0.479 e. The van der Waals surface area contributed by atoms with Crippen molar-refractivity contribution in [2.75, 3.05) is 12.4 Å². The number of aliphatic hydroxyl groups is 1. The summed E-state index contributed by atoms with van der Waals surface area (Å²) in [5.74, 6) is 0.194. The SMILES string of the molecule is COc1nc(NC2CCC(C)(O)CC2)nn2cc(F)c(-c3ccc4ncnn4c3)c12. The molecule has 0 amide bonds. The van der Waals surface area contributed by atoms with Crippen LogP contribution < -0.4 is 10.1 Å². The summed E-state index contributed by atoms with van der Waals surface area (Å²) >= 11 is 0. The first kappa shape index (κ1) is 18.7. The third-order valence-corrected chi connectivity index (χ3v) is 5.70. The fourth-order valence-corrected chi connectivity index (χ4v) is 4.03. The molecule has 9 nitrogen and oxygen atoms in total. The van der Waals surface area contributed by atoms with Crippen molar-refractivity contribution in [3.05, 3.63) is 36.7 Å². The standard InChI is InChI=1S/C20H22FN7O2/c1-20(29)7-5-13(6-8-20)24-19-25-18(30-2)17-16(14(21)10-28(17)26-19)12-3-4-15-22-11-23-27(15)9-12/h3-4,9-11,13,29H,5-8H2,1-2H3,(H,24,26). The van der Waals surface area contributed by atoms with Crippen LogP contribution >= 0.6 is 0 Å². The third kappa shape index (κ3) is 3.22. The summed E-state index contributed by atoms with van der Waals surface area (Å²) in [6, 6.07) is 3.69.